The Bertz CT molecular complexity index is 3110. The molecule has 4 heteroatoms. The van der Waals surface area contributed by atoms with Crippen molar-refractivity contribution in [3.8, 4) is 5.69 Å². The Labute approximate surface area is 291 Å². The fourth-order valence-corrected chi connectivity index (χ4v) is 9.22. The van der Waals surface area contributed by atoms with Crippen molar-refractivity contribution in [3.63, 3.8) is 0 Å². The van der Waals surface area contributed by atoms with Crippen LogP contribution in [0, 0.1) is 0 Å². The summed E-state index contributed by atoms with van der Waals surface area (Å²) in [6, 6.07) is 61.3. The van der Waals surface area contributed by atoms with Gasteiger partial charge in [-0.05, 0) is 83.6 Å². The Morgan fingerprint density at radius 3 is 2.06 bits per heavy atom. The van der Waals surface area contributed by atoms with Crippen LogP contribution >= 0.6 is 11.3 Å². The third kappa shape index (κ3) is 3.97. The molecule has 0 atom stereocenters. The second kappa shape index (κ2) is 10.6. The summed E-state index contributed by atoms with van der Waals surface area (Å²) in [6.45, 7) is 0. The molecular formula is C46H28N2OS. The molecule has 0 aliphatic heterocycles. The number of hydrogen-bond donors (Lipinski definition) is 0. The predicted octanol–water partition coefficient (Wildman–Crippen LogP) is 13.7. The molecule has 0 spiro atoms. The standard InChI is InChI=1S/C46H28N2OS/c1-2-12-30(13-3-1)48-39-17-8-6-15-34(39)37-27-31(22-25-40(37)48)47(32-23-26-43-38(28-32)35-16-7-9-19-42(35)49-43)41-18-10-20-44-45(41)36-24-21-29-11-4-5-14-33(29)46(36)50-44/h1-28H. The van der Waals surface area contributed by atoms with Crippen LogP contribution in [0.3, 0.4) is 0 Å². The summed E-state index contributed by atoms with van der Waals surface area (Å²) in [5, 5.41) is 9.79. The maximum absolute atomic E-state index is 6.29. The highest BCUT2D eigenvalue weighted by Crippen LogP contribution is 2.48. The lowest BCUT2D eigenvalue weighted by Crippen LogP contribution is -2.10. The van der Waals surface area contributed by atoms with Crippen LogP contribution in [0.4, 0.5) is 17.1 Å². The van der Waals surface area contributed by atoms with Crippen molar-refractivity contribution >= 4 is 103 Å². The molecule has 0 bridgehead atoms. The van der Waals surface area contributed by atoms with Gasteiger partial charge < -0.3 is 13.9 Å². The smallest absolute Gasteiger partial charge is 0.135 e. The number of furan rings is 1. The highest BCUT2D eigenvalue weighted by atomic mass is 32.1. The van der Waals surface area contributed by atoms with Gasteiger partial charge in [0.15, 0.2) is 0 Å². The summed E-state index contributed by atoms with van der Waals surface area (Å²) >= 11 is 1.88. The summed E-state index contributed by atoms with van der Waals surface area (Å²) < 4.78 is 11.3. The molecule has 0 aliphatic carbocycles. The second-order valence-corrected chi connectivity index (χ2v) is 14.0. The minimum atomic E-state index is 0.891. The Morgan fingerprint density at radius 2 is 1.16 bits per heavy atom. The van der Waals surface area contributed by atoms with Crippen molar-refractivity contribution < 1.29 is 4.42 Å². The first-order chi connectivity index (χ1) is 24.8. The average Bonchev–Trinajstić information content (AvgIpc) is 3.85. The van der Waals surface area contributed by atoms with Crippen LogP contribution in [0.15, 0.2) is 174 Å². The number of hydrogen-bond acceptors (Lipinski definition) is 3. The minimum Gasteiger partial charge on any atom is -0.456 e. The van der Waals surface area contributed by atoms with Gasteiger partial charge in [0.25, 0.3) is 0 Å². The van der Waals surface area contributed by atoms with Crippen molar-refractivity contribution in [2.75, 3.05) is 4.90 Å². The maximum atomic E-state index is 6.29. The fourth-order valence-electron chi connectivity index (χ4n) is 7.96. The van der Waals surface area contributed by atoms with Gasteiger partial charge >= 0.3 is 0 Å². The van der Waals surface area contributed by atoms with Crippen molar-refractivity contribution in [3.05, 3.63) is 170 Å². The van der Waals surface area contributed by atoms with Gasteiger partial charge in [-0.1, -0.05) is 97.1 Å². The van der Waals surface area contributed by atoms with E-state index in [9.17, 15) is 0 Å². The third-order valence-corrected chi connectivity index (χ3v) is 11.4. The van der Waals surface area contributed by atoms with E-state index >= 15 is 0 Å². The van der Waals surface area contributed by atoms with E-state index in [1.54, 1.807) is 0 Å². The monoisotopic (exact) mass is 656 g/mol. The summed E-state index contributed by atoms with van der Waals surface area (Å²) in [7, 11) is 0. The number of fused-ring (bicyclic) bond motifs is 11. The SMILES string of the molecule is c1ccc(-n2c3ccccc3c3cc(N(c4ccc5oc6ccccc6c5c4)c4cccc5sc6c7ccccc7ccc6c45)ccc32)cc1. The van der Waals surface area contributed by atoms with E-state index in [1.165, 1.54) is 52.8 Å². The lowest BCUT2D eigenvalue weighted by molar-refractivity contribution is 0.669. The zero-order valence-electron chi connectivity index (χ0n) is 26.9. The van der Waals surface area contributed by atoms with Gasteiger partial charge in [0.1, 0.15) is 11.2 Å². The van der Waals surface area contributed by atoms with E-state index in [-0.39, 0.29) is 0 Å². The number of benzene rings is 8. The van der Waals surface area contributed by atoms with Crippen LogP contribution in [0.1, 0.15) is 0 Å². The van der Waals surface area contributed by atoms with E-state index in [1.807, 2.05) is 23.5 Å². The van der Waals surface area contributed by atoms with Crippen LogP contribution in [-0.2, 0) is 0 Å². The fraction of sp³-hybridized carbons (Fsp3) is 0. The molecule has 0 aliphatic rings. The lowest BCUT2D eigenvalue weighted by atomic mass is 10.0. The molecule has 8 aromatic carbocycles. The number of anilines is 3. The van der Waals surface area contributed by atoms with Gasteiger partial charge in [-0.15, -0.1) is 11.3 Å². The Balaban J connectivity index is 1.22. The number of para-hydroxylation sites is 3. The van der Waals surface area contributed by atoms with Crippen LogP contribution < -0.4 is 4.90 Å². The molecule has 11 rings (SSSR count). The summed E-state index contributed by atoms with van der Waals surface area (Å²) in [5.41, 5.74) is 8.67. The molecule has 234 valence electrons. The topological polar surface area (TPSA) is 21.3 Å². The lowest BCUT2D eigenvalue weighted by Gasteiger charge is -2.27. The zero-order chi connectivity index (χ0) is 32.8. The number of thiophene rings is 1. The van der Waals surface area contributed by atoms with Crippen molar-refractivity contribution in [2.45, 2.75) is 0 Å². The van der Waals surface area contributed by atoms with Crippen LogP contribution in [-0.4, -0.2) is 4.57 Å². The molecule has 0 amide bonds. The molecule has 0 radical (unpaired) electrons. The van der Waals surface area contributed by atoms with E-state index in [2.05, 4.69) is 167 Å². The molecule has 3 heterocycles. The van der Waals surface area contributed by atoms with Crippen molar-refractivity contribution in [2.24, 2.45) is 0 Å². The van der Waals surface area contributed by atoms with Gasteiger partial charge in [-0.2, -0.15) is 0 Å². The quantitative estimate of drug-likeness (QED) is 0.188. The van der Waals surface area contributed by atoms with E-state index < -0.39 is 0 Å². The summed E-state index contributed by atoms with van der Waals surface area (Å²) in [4.78, 5) is 2.44. The highest BCUT2D eigenvalue weighted by Gasteiger charge is 2.22. The molecule has 0 N–H and O–H groups in total. The highest BCUT2D eigenvalue weighted by molar-refractivity contribution is 7.26. The maximum Gasteiger partial charge on any atom is 0.135 e. The normalized spacial score (nSPS) is 12.0. The molecule has 11 aromatic rings. The molecule has 3 nitrogen and oxygen atoms in total. The van der Waals surface area contributed by atoms with Gasteiger partial charge in [0.05, 0.1) is 16.7 Å². The number of aromatic nitrogens is 1. The second-order valence-electron chi connectivity index (χ2n) is 12.9. The largest absolute Gasteiger partial charge is 0.456 e. The van der Waals surface area contributed by atoms with Crippen LogP contribution in [0.25, 0.3) is 80.4 Å². The summed E-state index contributed by atoms with van der Waals surface area (Å²) in [6.07, 6.45) is 0. The van der Waals surface area contributed by atoms with E-state index in [4.69, 9.17) is 4.42 Å². The summed E-state index contributed by atoms with van der Waals surface area (Å²) in [5.74, 6) is 0. The predicted molar refractivity (Wildman–Crippen MR) is 213 cm³/mol. The first kappa shape index (κ1) is 27.6. The zero-order valence-corrected chi connectivity index (χ0v) is 27.7. The average molecular weight is 657 g/mol. The molecule has 0 fully saturated rings. The van der Waals surface area contributed by atoms with Crippen LogP contribution in [0.2, 0.25) is 0 Å². The Kier molecular flexibility index (Phi) is 5.83. The first-order valence-corrected chi connectivity index (χ1v) is 17.7. The van der Waals surface area contributed by atoms with Crippen molar-refractivity contribution in [1.29, 1.82) is 0 Å². The molecule has 0 saturated carbocycles. The molecule has 50 heavy (non-hydrogen) atoms. The van der Waals surface area contributed by atoms with Crippen LogP contribution in [0.5, 0.6) is 0 Å². The molecule has 0 unspecified atom stereocenters. The molecule has 0 saturated heterocycles. The van der Waals surface area contributed by atoms with E-state index in [0.717, 1.165) is 44.7 Å². The van der Waals surface area contributed by atoms with Gasteiger partial charge in [-0.25, -0.2) is 0 Å². The van der Waals surface area contributed by atoms with E-state index in [0.29, 0.717) is 0 Å². The van der Waals surface area contributed by atoms with Gasteiger partial charge in [0, 0.05) is 58.8 Å². The Morgan fingerprint density at radius 1 is 0.460 bits per heavy atom. The minimum absolute atomic E-state index is 0.891. The first-order valence-electron chi connectivity index (χ1n) is 16.9. The Hall–Kier alpha value is -6.36. The number of nitrogens with zero attached hydrogens (tertiary/aromatic N) is 2. The molecule has 3 aromatic heterocycles. The van der Waals surface area contributed by atoms with Gasteiger partial charge in [-0.3, -0.25) is 0 Å². The van der Waals surface area contributed by atoms with Gasteiger partial charge in [0.2, 0.25) is 0 Å². The number of rotatable bonds is 4. The third-order valence-electron chi connectivity index (χ3n) is 10.2. The molecular weight excluding hydrogens is 629 g/mol. The van der Waals surface area contributed by atoms with Crippen molar-refractivity contribution in [1.82, 2.24) is 4.57 Å².